The predicted octanol–water partition coefficient (Wildman–Crippen LogP) is 15.5. The Morgan fingerprint density at radius 1 is 0.433 bits per heavy atom. The number of allylic oxidation sites excluding steroid dienone is 8. The highest BCUT2D eigenvalue weighted by atomic mass is 15.1. The second-order valence-corrected chi connectivity index (χ2v) is 17.3. The van der Waals surface area contributed by atoms with Crippen LogP contribution in [0.3, 0.4) is 0 Å². The van der Waals surface area contributed by atoms with Gasteiger partial charge in [0.2, 0.25) is 0 Å². The lowest BCUT2D eigenvalue weighted by Crippen LogP contribution is -2.27. The first kappa shape index (κ1) is 32.7. The lowest BCUT2D eigenvalue weighted by molar-refractivity contribution is 0.780. The first-order valence-corrected chi connectivity index (χ1v) is 21.6. The molecule has 0 heterocycles. The quantitative estimate of drug-likeness (QED) is 0.173. The van der Waals surface area contributed by atoms with Gasteiger partial charge in [0.15, 0.2) is 0 Å². The first-order valence-electron chi connectivity index (χ1n) is 21.6. The van der Waals surface area contributed by atoms with E-state index in [1.54, 1.807) is 0 Å². The summed E-state index contributed by atoms with van der Waals surface area (Å²) in [7, 11) is 0. The lowest BCUT2D eigenvalue weighted by Gasteiger charge is -2.34. The maximum atomic E-state index is 2.55. The van der Waals surface area contributed by atoms with Crippen molar-refractivity contribution in [2.75, 3.05) is 4.90 Å². The third-order valence-electron chi connectivity index (χ3n) is 14.5. The summed E-state index contributed by atoms with van der Waals surface area (Å²) in [6.07, 6.45) is 11.6. The Morgan fingerprint density at radius 3 is 1.98 bits per heavy atom. The van der Waals surface area contributed by atoms with Crippen LogP contribution >= 0.6 is 0 Å². The summed E-state index contributed by atoms with van der Waals surface area (Å²) in [5.41, 5.74) is 28.1. The van der Waals surface area contributed by atoms with Gasteiger partial charge < -0.3 is 4.90 Å². The lowest BCUT2D eigenvalue weighted by atomic mass is 9.69. The third kappa shape index (κ3) is 4.07. The highest BCUT2D eigenvalue weighted by Crippen LogP contribution is 2.64. The summed E-state index contributed by atoms with van der Waals surface area (Å²) >= 11 is 0. The summed E-state index contributed by atoms with van der Waals surface area (Å²) in [6.45, 7) is 0. The van der Waals surface area contributed by atoms with Crippen LogP contribution in [0.2, 0.25) is 0 Å². The fourth-order valence-corrected chi connectivity index (χ4v) is 12.3. The van der Waals surface area contributed by atoms with Crippen molar-refractivity contribution in [2.45, 2.75) is 31.1 Å². The molecule has 0 N–H and O–H groups in total. The van der Waals surface area contributed by atoms with Gasteiger partial charge in [-0.3, -0.25) is 0 Å². The van der Waals surface area contributed by atoms with E-state index in [0.29, 0.717) is 0 Å². The molecule has 1 unspecified atom stereocenters. The second-order valence-electron chi connectivity index (χ2n) is 17.3. The van der Waals surface area contributed by atoms with E-state index in [2.05, 4.69) is 193 Å². The van der Waals surface area contributed by atoms with Crippen LogP contribution in [0.5, 0.6) is 0 Å². The molecule has 0 aromatic heterocycles. The maximum Gasteiger partial charge on any atom is 0.0722 e. The van der Waals surface area contributed by atoms with E-state index in [1.165, 1.54) is 122 Å². The number of benzene rings is 8. The Morgan fingerprint density at radius 2 is 1.08 bits per heavy atom. The molecule has 0 radical (unpaired) electrons. The average molecular weight is 762 g/mol. The van der Waals surface area contributed by atoms with E-state index >= 15 is 0 Å². The molecule has 1 heteroatoms. The van der Waals surface area contributed by atoms with Gasteiger partial charge in [0.1, 0.15) is 0 Å². The first-order chi connectivity index (χ1) is 29.8. The van der Waals surface area contributed by atoms with Gasteiger partial charge in [-0.25, -0.2) is 0 Å². The molecule has 6 bridgehead atoms. The van der Waals surface area contributed by atoms with Crippen molar-refractivity contribution in [3.8, 4) is 33.4 Å². The standard InChI is InChI=1S/C59H39N/c1-2-16-39-36(14-1)15-11-29-56(39)60(37-30-32-41-48-23-13-24-49-50-25-12-22-47(58(50)51(41)34-37)40-17-3-4-21-46(40)57(48)49)38-31-33-45-44-20-7-10-28-54(44)59(55(45)35-38)52-26-8-5-18-42(52)43-19-6-9-27-53(43)59/h1-5,7-12,14-18,20-23,25-35H,6,13,19,24H2. The van der Waals surface area contributed by atoms with Crippen molar-refractivity contribution < 1.29 is 0 Å². The van der Waals surface area contributed by atoms with Gasteiger partial charge in [0.05, 0.1) is 11.1 Å². The maximum absolute atomic E-state index is 2.55. The fraction of sp³-hybridized carbons (Fsp3) is 0.0847. The molecule has 0 aliphatic heterocycles. The summed E-state index contributed by atoms with van der Waals surface area (Å²) in [5, 5.41) is 2.47. The highest BCUT2D eigenvalue weighted by Gasteiger charge is 2.52. The normalized spacial score (nSPS) is 18.0. The minimum absolute atomic E-state index is 0.380. The van der Waals surface area contributed by atoms with Gasteiger partial charge >= 0.3 is 0 Å². The predicted molar refractivity (Wildman–Crippen MR) is 251 cm³/mol. The molecule has 6 aliphatic rings. The molecule has 0 saturated heterocycles. The van der Waals surface area contributed by atoms with Gasteiger partial charge in [0, 0.05) is 16.8 Å². The second kappa shape index (κ2) is 11.9. The number of rotatable bonds is 3. The van der Waals surface area contributed by atoms with Crippen molar-refractivity contribution in [2.24, 2.45) is 0 Å². The molecular weight excluding hydrogens is 723 g/mol. The number of hydrogen-bond acceptors (Lipinski definition) is 1. The topological polar surface area (TPSA) is 3.24 Å². The SMILES string of the molecule is C1=CC2=C(CC1)c1ccccc1C21c2ccccc2-c2ccc(N(c3ccc4c(c3)-c3c5cccc3-c3ccccc3C3=C5CCC=C34)c3cccc4ccccc34)cc21. The van der Waals surface area contributed by atoms with E-state index in [4.69, 9.17) is 0 Å². The zero-order valence-electron chi connectivity index (χ0n) is 33.2. The summed E-state index contributed by atoms with van der Waals surface area (Å²) in [5.74, 6) is 0. The monoisotopic (exact) mass is 761 g/mol. The third-order valence-corrected chi connectivity index (χ3v) is 14.5. The molecule has 1 spiro atoms. The molecule has 6 aliphatic carbocycles. The smallest absolute Gasteiger partial charge is 0.0722 e. The van der Waals surface area contributed by atoms with Crippen LogP contribution in [0.25, 0.3) is 66.4 Å². The van der Waals surface area contributed by atoms with E-state index in [9.17, 15) is 0 Å². The molecule has 8 aromatic carbocycles. The van der Waals surface area contributed by atoms with Crippen LogP contribution in [-0.4, -0.2) is 0 Å². The Hall–Kier alpha value is -7.22. The van der Waals surface area contributed by atoms with Gasteiger partial charge in [-0.2, -0.15) is 0 Å². The van der Waals surface area contributed by atoms with Gasteiger partial charge in [-0.15, -0.1) is 0 Å². The zero-order valence-corrected chi connectivity index (χ0v) is 33.2. The van der Waals surface area contributed by atoms with Crippen LogP contribution < -0.4 is 4.90 Å². The largest absolute Gasteiger partial charge is 0.310 e. The van der Waals surface area contributed by atoms with Crippen LogP contribution in [-0.2, 0) is 5.41 Å². The van der Waals surface area contributed by atoms with Crippen molar-refractivity contribution in [1.29, 1.82) is 0 Å². The molecule has 60 heavy (non-hydrogen) atoms. The number of anilines is 3. The summed E-state index contributed by atoms with van der Waals surface area (Å²) in [4.78, 5) is 2.55. The van der Waals surface area contributed by atoms with E-state index in [-0.39, 0.29) is 5.41 Å². The number of fused-ring (bicyclic) bond motifs is 14. The van der Waals surface area contributed by atoms with Crippen molar-refractivity contribution in [3.63, 3.8) is 0 Å². The molecular formula is C59H39N. The molecule has 14 rings (SSSR count). The van der Waals surface area contributed by atoms with E-state index < -0.39 is 0 Å². The summed E-state index contributed by atoms with van der Waals surface area (Å²) in [6, 6.07) is 64.9. The molecule has 1 atom stereocenters. The van der Waals surface area contributed by atoms with Crippen molar-refractivity contribution >= 4 is 50.1 Å². The molecule has 1 nitrogen and oxygen atoms in total. The van der Waals surface area contributed by atoms with Crippen LogP contribution in [0.4, 0.5) is 17.1 Å². The Bertz CT molecular complexity index is 3380. The number of nitrogens with zero attached hydrogens (tertiary/aromatic N) is 1. The average Bonchev–Trinajstić information content (AvgIpc) is 3.74. The van der Waals surface area contributed by atoms with Gasteiger partial charge in [-0.05, 0) is 162 Å². The van der Waals surface area contributed by atoms with Crippen molar-refractivity contribution in [3.05, 3.63) is 233 Å². The Kier molecular flexibility index (Phi) is 6.50. The molecule has 280 valence electrons. The molecule has 8 aromatic rings. The summed E-state index contributed by atoms with van der Waals surface area (Å²) < 4.78 is 0. The van der Waals surface area contributed by atoms with Crippen LogP contribution in [0, 0.1) is 0 Å². The highest BCUT2D eigenvalue weighted by molar-refractivity contribution is 6.25. The van der Waals surface area contributed by atoms with Crippen LogP contribution in [0.15, 0.2) is 194 Å². The van der Waals surface area contributed by atoms with Crippen molar-refractivity contribution in [1.82, 2.24) is 0 Å². The molecule has 0 fully saturated rings. The molecule has 0 saturated carbocycles. The van der Waals surface area contributed by atoms with E-state index in [1.807, 2.05) is 0 Å². The number of hydrogen-bond donors (Lipinski definition) is 0. The fourth-order valence-electron chi connectivity index (χ4n) is 12.3. The van der Waals surface area contributed by atoms with Gasteiger partial charge in [0.25, 0.3) is 0 Å². The van der Waals surface area contributed by atoms with Gasteiger partial charge in [-0.1, -0.05) is 158 Å². The van der Waals surface area contributed by atoms with E-state index in [0.717, 1.165) is 31.4 Å². The molecule has 0 amide bonds. The minimum Gasteiger partial charge on any atom is -0.310 e. The zero-order chi connectivity index (χ0) is 39.1. The Labute approximate surface area is 350 Å². The van der Waals surface area contributed by atoms with Crippen LogP contribution in [0.1, 0.15) is 64.6 Å². The Balaban J connectivity index is 1.06. The minimum atomic E-state index is -0.380.